The van der Waals surface area contributed by atoms with Gasteiger partial charge in [0.1, 0.15) is 0 Å². The molecule has 2 rings (SSSR count). The van der Waals surface area contributed by atoms with Crippen molar-refractivity contribution in [2.45, 2.75) is 55.2 Å². The molecular weight excluding hydrogens is 299 g/mol. The van der Waals surface area contributed by atoms with Crippen LogP contribution in [0.4, 0.5) is 13.2 Å². The van der Waals surface area contributed by atoms with Crippen LogP contribution in [-0.2, 0) is 17.3 Å². The maximum atomic E-state index is 13.2. The Labute approximate surface area is 127 Å². The highest BCUT2D eigenvalue weighted by atomic mass is 32.2. The summed E-state index contributed by atoms with van der Waals surface area (Å²) in [5.41, 5.74) is 5.32. The van der Waals surface area contributed by atoms with Crippen molar-refractivity contribution in [1.29, 1.82) is 0 Å². The van der Waals surface area contributed by atoms with Gasteiger partial charge in [-0.1, -0.05) is 6.07 Å². The average molecular weight is 319 g/mol. The van der Waals surface area contributed by atoms with Crippen LogP contribution in [0.2, 0.25) is 0 Å². The Morgan fingerprint density at radius 2 is 2.14 bits per heavy atom. The molecule has 0 saturated carbocycles. The third-order valence-corrected chi connectivity index (χ3v) is 4.97. The Morgan fingerprint density at radius 1 is 1.43 bits per heavy atom. The molecule has 0 bridgehead atoms. The molecule has 118 valence electrons. The number of benzene rings is 1. The van der Waals surface area contributed by atoms with E-state index in [2.05, 4.69) is 0 Å². The number of hydrogen-bond acceptors (Lipinski definition) is 3. The van der Waals surface area contributed by atoms with Crippen molar-refractivity contribution >= 4 is 11.8 Å². The van der Waals surface area contributed by atoms with Crippen LogP contribution in [0.25, 0.3) is 0 Å². The second-order valence-electron chi connectivity index (χ2n) is 5.52. The van der Waals surface area contributed by atoms with Crippen molar-refractivity contribution < 1.29 is 17.9 Å². The van der Waals surface area contributed by atoms with Gasteiger partial charge in [0.25, 0.3) is 0 Å². The van der Waals surface area contributed by atoms with Gasteiger partial charge in [0, 0.05) is 22.8 Å². The van der Waals surface area contributed by atoms with E-state index in [4.69, 9.17) is 10.5 Å². The summed E-state index contributed by atoms with van der Waals surface area (Å²) >= 11 is 1.46. The van der Waals surface area contributed by atoms with Gasteiger partial charge in [0.05, 0.1) is 11.7 Å². The molecule has 1 aliphatic heterocycles. The molecular formula is C15H20F3NOS. The van der Waals surface area contributed by atoms with Gasteiger partial charge in [-0.2, -0.15) is 13.2 Å². The number of ether oxygens (including phenoxy) is 1. The molecule has 0 spiro atoms. The highest BCUT2D eigenvalue weighted by molar-refractivity contribution is 8.00. The standard InChI is InChI=1S/C15H20F3NOS/c1-9(19)7-11-3-4-12(8-13(11)15(16,17)18)21-14-5-6-20-10(14)2/h3-4,8-10,14H,5-7,19H2,1-2H3. The Hall–Kier alpha value is -0.720. The maximum absolute atomic E-state index is 13.2. The van der Waals surface area contributed by atoms with Crippen molar-refractivity contribution in [3.05, 3.63) is 29.3 Å². The molecule has 2 nitrogen and oxygen atoms in total. The van der Waals surface area contributed by atoms with Crippen LogP contribution in [0, 0.1) is 0 Å². The summed E-state index contributed by atoms with van der Waals surface area (Å²) in [5.74, 6) is 0. The molecule has 1 heterocycles. The van der Waals surface area contributed by atoms with Crippen LogP contribution in [0.3, 0.4) is 0 Å². The van der Waals surface area contributed by atoms with Crippen LogP contribution >= 0.6 is 11.8 Å². The summed E-state index contributed by atoms with van der Waals surface area (Å²) < 4.78 is 45.0. The third-order valence-electron chi connectivity index (χ3n) is 3.52. The molecule has 1 aromatic carbocycles. The van der Waals surface area contributed by atoms with Crippen molar-refractivity contribution in [2.24, 2.45) is 5.73 Å². The number of alkyl halides is 3. The van der Waals surface area contributed by atoms with Crippen molar-refractivity contribution in [3.63, 3.8) is 0 Å². The first kappa shape index (κ1) is 16.6. The van der Waals surface area contributed by atoms with Crippen LogP contribution in [0.5, 0.6) is 0 Å². The quantitative estimate of drug-likeness (QED) is 0.915. The predicted octanol–water partition coefficient (Wildman–Crippen LogP) is 3.86. The second-order valence-corrected chi connectivity index (χ2v) is 6.83. The number of rotatable bonds is 4. The summed E-state index contributed by atoms with van der Waals surface area (Å²) in [5, 5.41) is 0.213. The smallest absolute Gasteiger partial charge is 0.377 e. The van der Waals surface area contributed by atoms with Crippen molar-refractivity contribution in [2.75, 3.05) is 6.61 Å². The summed E-state index contributed by atoms with van der Waals surface area (Å²) in [6.45, 7) is 4.34. The van der Waals surface area contributed by atoms with E-state index in [0.717, 1.165) is 6.42 Å². The van der Waals surface area contributed by atoms with Gasteiger partial charge in [-0.15, -0.1) is 11.8 Å². The zero-order valence-electron chi connectivity index (χ0n) is 12.1. The fraction of sp³-hybridized carbons (Fsp3) is 0.600. The van der Waals surface area contributed by atoms with E-state index in [-0.39, 0.29) is 29.4 Å². The van der Waals surface area contributed by atoms with Gasteiger partial charge in [-0.25, -0.2) is 0 Å². The molecule has 1 saturated heterocycles. The molecule has 0 amide bonds. The molecule has 0 aliphatic carbocycles. The molecule has 3 atom stereocenters. The van der Waals surface area contributed by atoms with Crippen LogP contribution < -0.4 is 5.73 Å². The lowest BCUT2D eigenvalue weighted by Gasteiger charge is -2.18. The molecule has 3 unspecified atom stereocenters. The summed E-state index contributed by atoms with van der Waals surface area (Å²) in [4.78, 5) is 0.637. The lowest BCUT2D eigenvalue weighted by molar-refractivity contribution is -0.138. The lowest BCUT2D eigenvalue weighted by Crippen LogP contribution is -2.21. The minimum atomic E-state index is -4.35. The molecule has 21 heavy (non-hydrogen) atoms. The Balaban J connectivity index is 2.24. The van der Waals surface area contributed by atoms with Gasteiger partial charge >= 0.3 is 6.18 Å². The first-order valence-electron chi connectivity index (χ1n) is 7.01. The Kier molecular flexibility index (Phi) is 5.22. The highest BCUT2D eigenvalue weighted by Crippen LogP contribution is 2.38. The number of thioether (sulfide) groups is 1. The fourth-order valence-corrected chi connectivity index (χ4v) is 3.63. The van der Waals surface area contributed by atoms with Gasteiger partial charge in [-0.05, 0) is 44.4 Å². The number of hydrogen-bond donors (Lipinski definition) is 1. The molecule has 1 aromatic rings. The first-order chi connectivity index (χ1) is 9.77. The van der Waals surface area contributed by atoms with Gasteiger partial charge < -0.3 is 10.5 Å². The van der Waals surface area contributed by atoms with Crippen molar-refractivity contribution in [1.82, 2.24) is 0 Å². The summed E-state index contributed by atoms with van der Waals surface area (Å²) in [6.07, 6.45) is -3.18. The minimum absolute atomic E-state index is 0.0769. The maximum Gasteiger partial charge on any atom is 0.416 e. The minimum Gasteiger partial charge on any atom is -0.377 e. The Morgan fingerprint density at radius 3 is 2.67 bits per heavy atom. The van der Waals surface area contributed by atoms with E-state index in [9.17, 15) is 13.2 Å². The van der Waals surface area contributed by atoms with E-state index in [1.54, 1.807) is 19.1 Å². The van der Waals surface area contributed by atoms with Crippen LogP contribution in [0.1, 0.15) is 31.4 Å². The van der Waals surface area contributed by atoms with E-state index in [0.29, 0.717) is 11.5 Å². The fourth-order valence-electron chi connectivity index (χ4n) is 2.46. The second kappa shape index (κ2) is 6.58. The first-order valence-corrected chi connectivity index (χ1v) is 7.89. The number of nitrogens with two attached hydrogens (primary N) is 1. The van der Waals surface area contributed by atoms with Gasteiger partial charge in [0.2, 0.25) is 0 Å². The zero-order valence-corrected chi connectivity index (χ0v) is 12.9. The van der Waals surface area contributed by atoms with E-state index >= 15 is 0 Å². The SMILES string of the molecule is CC(N)Cc1ccc(SC2CCOC2C)cc1C(F)(F)F. The summed E-state index contributed by atoms with van der Waals surface area (Å²) in [6, 6.07) is 4.25. The molecule has 1 aliphatic rings. The largest absolute Gasteiger partial charge is 0.416 e. The van der Waals surface area contributed by atoms with Gasteiger partial charge in [0.15, 0.2) is 0 Å². The molecule has 6 heteroatoms. The molecule has 0 aromatic heterocycles. The van der Waals surface area contributed by atoms with Crippen molar-refractivity contribution in [3.8, 4) is 0 Å². The van der Waals surface area contributed by atoms with Crippen LogP contribution in [-0.4, -0.2) is 24.0 Å². The molecule has 0 radical (unpaired) electrons. The topological polar surface area (TPSA) is 35.2 Å². The zero-order chi connectivity index (χ0) is 15.6. The monoisotopic (exact) mass is 319 g/mol. The van der Waals surface area contributed by atoms with E-state index in [1.807, 2.05) is 6.92 Å². The van der Waals surface area contributed by atoms with E-state index in [1.165, 1.54) is 17.8 Å². The normalized spacial score (nSPS) is 24.3. The van der Waals surface area contributed by atoms with Gasteiger partial charge in [-0.3, -0.25) is 0 Å². The predicted molar refractivity (Wildman–Crippen MR) is 78.5 cm³/mol. The average Bonchev–Trinajstić information content (AvgIpc) is 2.75. The molecule has 2 N–H and O–H groups in total. The van der Waals surface area contributed by atoms with E-state index < -0.39 is 11.7 Å². The highest BCUT2D eigenvalue weighted by Gasteiger charge is 2.34. The Bertz CT molecular complexity index is 490. The molecule has 1 fully saturated rings. The van der Waals surface area contributed by atoms with Crippen LogP contribution in [0.15, 0.2) is 23.1 Å². The third kappa shape index (κ3) is 4.37. The lowest BCUT2D eigenvalue weighted by atomic mass is 10.0. The number of halogens is 3. The summed E-state index contributed by atoms with van der Waals surface area (Å²) in [7, 11) is 0.